The van der Waals surface area contributed by atoms with Crippen molar-refractivity contribution in [2.75, 3.05) is 26.2 Å². The average Bonchev–Trinajstić information content (AvgIpc) is 2.95. The highest BCUT2D eigenvalue weighted by Crippen LogP contribution is 2.16. The van der Waals surface area contributed by atoms with Crippen LogP contribution in [0.15, 0.2) is 24.3 Å². The van der Waals surface area contributed by atoms with Crippen molar-refractivity contribution in [1.29, 1.82) is 0 Å². The third kappa shape index (κ3) is 4.53. The van der Waals surface area contributed by atoms with Gasteiger partial charge in [0.15, 0.2) is 0 Å². The van der Waals surface area contributed by atoms with Gasteiger partial charge in [0, 0.05) is 18.1 Å². The Bertz CT molecular complexity index is 506. The summed E-state index contributed by atoms with van der Waals surface area (Å²) in [6, 6.07) is 6.71. The van der Waals surface area contributed by atoms with E-state index in [1.54, 1.807) is 24.3 Å². The molecule has 0 aromatic heterocycles. The zero-order valence-corrected chi connectivity index (χ0v) is 12.2. The number of amides is 2. The molecule has 0 saturated carbocycles. The summed E-state index contributed by atoms with van der Waals surface area (Å²) < 4.78 is 5.45. The van der Waals surface area contributed by atoms with Crippen LogP contribution in [0, 0.1) is 5.92 Å². The molecule has 2 rings (SSSR count). The summed E-state index contributed by atoms with van der Waals surface area (Å²) in [6.07, 6.45) is 0.504. The number of nitrogens with zero attached hydrogens (tertiary/aromatic N) is 1. The first-order valence-electron chi connectivity index (χ1n) is 6.70. The number of benzene rings is 1. The fraction of sp³-hybridized carbons (Fsp3) is 0.429. The Morgan fingerprint density at radius 1 is 1.38 bits per heavy atom. The van der Waals surface area contributed by atoms with Crippen LogP contribution in [0.3, 0.4) is 0 Å². The molecule has 1 aliphatic heterocycles. The second-order valence-corrected chi connectivity index (χ2v) is 5.24. The molecule has 1 aromatic rings. The molecule has 0 bridgehead atoms. The number of urea groups is 1. The van der Waals surface area contributed by atoms with Crippen molar-refractivity contribution in [1.82, 2.24) is 10.2 Å². The molecule has 0 spiro atoms. The SMILES string of the molecule is O=C(O)C1CCN(C(=O)NCCOc2ccc(Cl)cc2)C1. The molecule has 2 amide bonds. The molecule has 1 atom stereocenters. The quantitative estimate of drug-likeness (QED) is 0.813. The standard InChI is InChI=1S/C14H17ClN2O4/c15-11-1-3-12(4-2-11)21-8-6-16-14(20)17-7-5-10(9-17)13(18)19/h1-4,10H,5-9H2,(H,16,20)(H,18,19). The molecule has 1 aromatic carbocycles. The number of ether oxygens (including phenoxy) is 1. The highest BCUT2D eigenvalue weighted by Gasteiger charge is 2.30. The van der Waals surface area contributed by atoms with E-state index in [1.807, 2.05) is 0 Å². The second-order valence-electron chi connectivity index (χ2n) is 4.80. The van der Waals surface area contributed by atoms with Gasteiger partial charge in [0.25, 0.3) is 0 Å². The van der Waals surface area contributed by atoms with Crippen LogP contribution in [0.4, 0.5) is 4.79 Å². The van der Waals surface area contributed by atoms with Gasteiger partial charge in [-0.3, -0.25) is 4.79 Å². The maximum absolute atomic E-state index is 11.8. The molecule has 1 saturated heterocycles. The number of hydrogen-bond donors (Lipinski definition) is 2. The molecule has 6 nitrogen and oxygen atoms in total. The molecule has 1 fully saturated rings. The van der Waals surface area contributed by atoms with Crippen molar-refractivity contribution in [3.8, 4) is 5.75 Å². The number of rotatable bonds is 5. The van der Waals surface area contributed by atoms with Gasteiger partial charge in [-0.15, -0.1) is 0 Å². The van der Waals surface area contributed by atoms with E-state index in [0.29, 0.717) is 36.9 Å². The lowest BCUT2D eigenvalue weighted by atomic mass is 10.1. The number of carboxylic acids is 1. The Balaban J connectivity index is 1.66. The van der Waals surface area contributed by atoms with Gasteiger partial charge in [0.2, 0.25) is 0 Å². The minimum Gasteiger partial charge on any atom is -0.492 e. The fourth-order valence-corrected chi connectivity index (χ4v) is 2.24. The molecule has 1 aliphatic rings. The molecule has 0 radical (unpaired) electrons. The first kappa shape index (κ1) is 15.4. The van der Waals surface area contributed by atoms with Crippen molar-refractivity contribution < 1.29 is 19.4 Å². The normalized spacial score (nSPS) is 17.6. The van der Waals surface area contributed by atoms with E-state index in [-0.39, 0.29) is 12.6 Å². The molecule has 0 aliphatic carbocycles. The van der Waals surface area contributed by atoms with Crippen molar-refractivity contribution in [2.24, 2.45) is 5.92 Å². The number of nitrogens with one attached hydrogen (secondary N) is 1. The number of halogens is 1. The maximum Gasteiger partial charge on any atom is 0.317 e. The first-order chi connectivity index (χ1) is 10.1. The highest BCUT2D eigenvalue weighted by molar-refractivity contribution is 6.30. The van der Waals surface area contributed by atoms with E-state index in [0.717, 1.165) is 0 Å². The number of carboxylic acid groups (broad SMARTS) is 1. The number of aliphatic carboxylic acids is 1. The highest BCUT2D eigenvalue weighted by atomic mass is 35.5. The number of likely N-dealkylation sites (tertiary alicyclic amines) is 1. The van der Waals surface area contributed by atoms with Crippen LogP contribution in [0.1, 0.15) is 6.42 Å². The summed E-state index contributed by atoms with van der Waals surface area (Å²) in [5, 5.41) is 12.2. The summed E-state index contributed by atoms with van der Waals surface area (Å²) in [6.45, 7) is 1.43. The zero-order chi connectivity index (χ0) is 15.2. The summed E-state index contributed by atoms with van der Waals surface area (Å²) >= 11 is 5.76. The average molecular weight is 313 g/mol. The predicted octanol–water partition coefficient (Wildman–Crippen LogP) is 1.83. The van der Waals surface area contributed by atoms with E-state index in [2.05, 4.69) is 5.32 Å². The lowest BCUT2D eigenvalue weighted by molar-refractivity contribution is -0.141. The number of hydrogen-bond acceptors (Lipinski definition) is 3. The first-order valence-corrected chi connectivity index (χ1v) is 7.08. The van der Waals surface area contributed by atoms with Crippen molar-refractivity contribution in [2.45, 2.75) is 6.42 Å². The molecule has 114 valence electrons. The largest absolute Gasteiger partial charge is 0.492 e. The summed E-state index contributed by atoms with van der Waals surface area (Å²) in [4.78, 5) is 24.2. The van der Waals surface area contributed by atoms with E-state index >= 15 is 0 Å². The summed E-state index contributed by atoms with van der Waals surface area (Å²) in [5.74, 6) is -0.627. The number of carbonyl (C=O) groups is 2. The predicted molar refractivity (Wildman–Crippen MR) is 77.7 cm³/mol. The van der Waals surface area contributed by atoms with Crippen molar-refractivity contribution >= 4 is 23.6 Å². The van der Waals surface area contributed by atoms with Gasteiger partial charge in [-0.25, -0.2) is 4.79 Å². The van der Waals surface area contributed by atoms with Gasteiger partial charge in [-0.1, -0.05) is 11.6 Å². The molecule has 21 heavy (non-hydrogen) atoms. The van der Waals surface area contributed by atoms with E-state index in [9.17, 15) is 9.59 Å². The van der Waals surface area contributed by atoms with Gasteiger partial charge in [0.05, 0.1) is 12.5 Å². The zero-order valence-electron chi connectivity index (χ0n) is 11.4. The molecular formula is C14H17ClN2O4. The van der Waals surface area contributed by atoms with Crippen LogP contribution in [0.5, 0.6) is 5.75 Å². The van der Waals surface area contributed by atoms with Crippen LogP contribution in [-0.4, -0.2) is 48.2 Å². The topological polar surface area (TPSA) is 78.9 Å². The molecule has 2 N–H and O–H groups in total. The molecular weight excluding hydrogens is 296 g/mol. The van der Waals surface area contributed by atoms with Gasteiger partial charge in [-0.05, 0) is 30.7 Å². The molecule has 7 heteroatoms. The van der Waals surface area contributed by atoms with Crippen LogP contribution in [0.2, 0.25) is 5.02 Å². The lowest BCUT2D eigenvalue weighted by Gasteiger charge is -2.16. The van der Waals surface area contributed by atoms with Gasteiger partial charge in [0.1, 0.15) is 12.4 Å². The summed E-state index contributed by atoms with van der Waals surface area (Å²) in [7, 11) is 0. The van der Waals surface area contributed by atoms with Gasteiger partial charge in [-0.2, -0.15) is 0 Å². The van der Waals surface area contributed by atoms with Crippen molar-refractivity contribution in [3.05, 3.63) is 29.3 Å². The Morgan fingerprint density at radius 2 is 2.10 bits per heavy atom. The maximum atomic E-state index is 11.8. The van der Waals surface area contributed by atoms with Crippen LogP contribution in [-0.2, 0) is 4.79 Å². The third-order valence-electron chi connectivity index (χ3n) is 3.29. The second kappa shape index (κ2) is 7.17. The van der Waals surface area contributed by atoms with E-state index in [4.69, 9.17) is 21.4 Å². The van der Waals surface area contributed by atoms with Gasteiger partial charge >= 0.3 is 12.0 Å². The van der Waals surface area contributed by atoms with Gasteiger partial charge < -0.3 is 20.1 Å². The fourth-order valence-electron chi connectivity index (χ4n) is 2.12. The number of carbonyl (C=O) groups excluding carboxylic acids is 1. The van der Waals surface area contributed by atoms with Crippen molar-refractivity contribution in [3.63, 3.8) is 0 Å². The van der Waals surface area contributed by atoms with E-state index < -0.39 is 11.9 Å². The smallest absolute Gasteiger partial charge is 0.317 e. The molecule has 1 unspecified atom stereocenters. The Kier molecular flexibility index (Phi) is 5.27. The Morgan fingerprint density at radius 3 is 2.71 bits per heavy atom. The van der Waals surface area contributed by atoms with E-state index in [1.165, 1.54) is 4.90 Å². The van der Waals surface area contributed by atoms with Crippen LogP contribution < -0.4 is 10.1 Å². The molecule has 1 heterocycles. The Hall–Kier alpha value is -1.95. The minimum atomic E-state index is -0.851. The minimum absolute atomic E-state index is 0.251. The van der Waals surface area contributed by atoms with Crippen LogP contribution in [0.25, 0.3) is 0 Å². The van der Waals surface area contributed by atoms with Crippen LogP contribution >= 0.6 is 11.6 Å². The lowest BCUT2D eigenvalue weighted by Crippen LogP contribution is -2.40. The summed E-state index contributed by atoms with van der Waals surface area (Å²) in [5.41, 5.74) is 0. The Labute approximate surface area is 127 Å². The third-order valence-corrected chi connectivity index (χ3v) is 3.54. The monoisotopic (exact) mass is 312 g/mol.